The van der Waals surface area contributed by atoms with Crippen molar-refractivity contribution in [3.05, 3.63) is 54.2 Å². The van der Waals surface area contributed by atoms with Gasteiger partial charge in [0.05, 0.1) is 25.1 Å². The number of hydrogen-bond donors (Lipinski definition) is 2. The number of esters is 1. The van der Waals surface area contributed by atoms with Crippen LogP contribution in [0, 0.1) is 5.82 Å². The Kier molecular flexibility index (Phi) is 5.96. The minimum absolute atomic E-state index is 0.0238. The molecule has 0 radical (unpaired) electrons. The summed E-state index contributed by atoms with van der Waals surface area (Å²) < 4.78 is 26.1. The maximum Gasteiger partial charge on any atom is 0.354 e. The molecule has 0 aliphatic carbocycles. The molecule has 0 fully saturated rings. The van der Waals surface area contributed by atoms with Crippen LogP contribution in [0.3, 0.4) is 0 Å². The number of aryl methyl sites for hydroxylation is 1. The molecule has 2 N–H and O–H groups in total. The van der Waals surface area contributed by atoms with E-state index in [1.165, 1.54) is 7.11 Å². The van der Waals surface area contributed by atoms with Gasteiger partial charge in [0.15, 0.2) is 11.6 Å². The molecule has 29 heavy (non-hydrogen) atoms. The predicted octanol–water partition coefficient (Wildman–Crippen LogP) is 4.02. The largest absolute Gasteiger partial charge is 0.491 e. The van der Waals surface area contributed by atoms with Gasteiger partial charge in [0.2, 0.25) is 5.95 Å². The minimum Gasteiger partial charge on any atom is -0.491 e. The maximum absolute atomic E-state index is 14.2. The van der Waals surface area contributed by atoms with Gasteiger partial charge < -0.3 is 24.7 Å². The van der Waals surface area contributed by atoms with Crippen LogP contribution in [0.2, 0.25) is 0 Å². The van der Waals surface area contributed by atoms with E-state index < -0.39 is 11.8 Å². The zero-order valence-electron chi connectivity index (χ0n) is 16.6. The van der Waals surface area contributed by atoms with E-state index in [1.807, 2.05) is 38.1 Å². The van der Waals surface area contributed by atoms with Crippen LogP contribution in [0.5, 0.6) is 5.75 Å². The smallest absolute Gasteiger partial charge is 0.354 e. The molecule has 2 aromatic heterocycles. The number of halogens is 1. The van der Waals surface area contributed by atoms with Crippen molar-refractivity contribution in [3.63, 3.8) is 0 Å². The van der Waals surface area contributed by atoms with E-state index >= 15 is 0 Å². The fourth-order valence-corrected chi connectivity index (χ4v) is 2.61. The van der Waals surface area contributed by atoms with Gasteiger partial charge in [-0.25, -0.2) is 14.2 Å². The number of nitrogens with one attached hydrogen (secondary N) is 2. The molecule has 0 bridgehead atoms. The van der Waals surface area contributed by atoms with E-state index in [2.05, 4.69) is 20.6 Å². The molecule has 152 valence electrons. The van der Waals surface area contributed by atoms with Crippen LogP contribution in [-0.4, -0.2) is 33.7 Å². The van der Waals surface area contributed by atoms with Gasteiger partial charge in [-0.2, -0.15) is 4.98 Å². The number of benzene rings is 1. The Bertz CT molecular complexity index is 1000. The Morgan fingerprint density at radius 2 is 1.90 bits per heavy atom. The number of methoxy groups -OCH3 is 1. The first-order valence-electron chi connectivity index (χ1n) is 8.93. The van der Waals surface area contributed by atoms with Crippen LogP contribution in [0.1, 0.15) is 24.3 Å². The van der Waals surface area contributed by atoms with Crippen LogP contribution in [0.15, 0.2) is 42.7 Å². The number of carbonyl (C=O) groups is 1. The second-order valence-electron chi connectivity index (χ2n) is 6.55. The van der Waals surface area contributed by atoms with E-state index in [0.717, 1.165) is 17.6 Å². The third-order valence-corrected chi connectivity index (χ3v) is 3.89. The van der Waals surface area contributed by atoms with Crippen molar-refractivity contribution in [3.8, 4) is 5.75 Å². The molecule has 0 saturated carbocycles. The van der Waals surface area contributed by atoms with Gasteiger partial charge >= 0.3 is 5.97 Å². The van der Waals surface area contributed by atoms with Gasteiger partial charge in [-0.15, -0.1) is 0 Å². The third-order valence-electron chi connectivity index (χ3n) is 3.89. The second kappa shape index (κ2) is 8.59. The van der Waals surface area contributed by atoms with Gasteiger partial charge in [-0.05, 0) is 44.2 Å². The first-order valence-corrected chi connectivity index (χ1v) is 8.93. The van der Waals surface area contributed by atoms with Crippen molar-refractivity contribution < 1.29 is 18.7 Å². The number of hydrogen-bond acceptors (Lipinski definition) is 7. The first-order chi connectivity index (χ1) is 13.9. The zero-order chi connectivity index (χ0) is 21.0. The molecular weight excluding hydrogens is 377 g/mol. The topological polar surface area (TPSA) is 90.3 Å². The molecule has 0 unspecified atom stereocenters. The van der Waals surface area contributed by atoms with Crippen LogP contribution >= 0.6 is 0 Å². The van der Waals surface area contributed by atoms with E-state index in [0.29, 0.717) is 11.4 Å². The standard InChI is InChI=1S/C20H22FN5O3/c1-12(2)29-15-7-5-13(6-8-15)24-20-22-10-16(21)18(25-20)23-14-9-17(19(27)28-4)26(3)11-14/h5-12H,1-4H3,(H2,22,23,24,25). The number of rotatable bonds is 7. The average molecular weight is 399 g/mol. The molecule has 0 atom stereocenters. The second-order valence-corrected chi connectivity index (χ2v) is 6.55. The molecule has 0 aliphatic rings. The molecule has 2 heterocycles. The molecule has 0 aliphatic heterocycles. The highest BCUT2D eigenvalue weighted by atomic mass is 19.1. The summed E-state index contributed by atoms with van der Waals surface area (Å²) in [6.07, 6.45) is 2.78. The van der Waals surface area contributed by atoms with E-state index in [1.54, 1.807) is 23.9 Å². The lowest BCUT2D eigenvalue weighted by Gasteiger charge is -2.11. The van der Waals surface area contributed by atoms with Crippen molar-refractivity contribution in [1.82, 2.24) is 14.5 Å². The lowest BCUT2D eigenvalue weighted by Crippen LogP contribution is -2.06. The SMILES string of the molecule is COC(=O)c1cc(Nc2nc(Nc3ccc(OC(C)C)cc3)ncc2F)cn1C. The van der Waals surface area contributed by atoms with Crippen LogP contribution in [0.25, 0.3) is 0 Å². The van der Waals surface area contributed by atoms with Crippen molar-refractivity contribution >= 4 is 29.1 Å². The van der Waals surface area contributed by atoms with Gasteiger partial charge in [-0.1, -0.05) is 0 Å². The highest BCUT2D eigenvalue weighted by molar-refractivity contribution is 5.89. The number of aromatic nitrogens is 3. The van der Waals surface area contributed by atoms with E-state index in [9.17, 15) is 9.18 Å². The maximum atomic E-state index is 14.2. The molecule has 3 rings (SSSR count). The summed E-state index contributed by atoms with van der Waals surface area (Å²) in [5, 5.41) is 5.87. The Hall–Kier alpha value is -3.62. The highest BCUT2D eigenvalue weighted by Crippen LogP contribution is 2.23. The van der Waals surface area contributed by atoms with Crippen molar-refractivity contribution in [2.45, 2.75) is 20.0 Å². The summed E-state index contributed by atoms with van der Waals surface area (Å²) >= 11 is 0. The fraction of sp³-hybridized carbons (Fsp3) is 0.250. The molecule has 1 aromatic carbocycles. The summed E-state index contributed by atoms with van der Waals surface area (Å²) in [7, 11) is 2.99. The summed E-state index contributed by atoms with van der Waals surface area (Å²) in [4.78, 5) is 19.9. The lowest BCUT2D eigenvalue weighted by atomic mass is 10.3. The molecule has 3 aromatic rings. The number of ether oxygens (including phenoxy) is 2. The Labute approximate surface area is 167 Å². The fourth-order valence-electron chi connectivity index (χ4n) is 2.61. The molecule has 0 amide bonds. The molecule has 8 nitrogen and oxygen atoms in total. The molecule has 0 saturated heterocycles. The average Bonchev–Trinajstić information content (AvgIpc) is 3.05. The molecule has 0 spiro atoms. The van der Waals surface area contributed by atoms with E-state index in [4.69, 9.17) is 9.47 Å². The van der Waals surface area contributed by atoms with Gasteiger partial charge in [0, 0.05) is 18.9 Å². The van der Waals surface area contributed by atoms with Crippen molar-refractivity contribution in [2.75, 3.05) is 17.7 Å². The number of carbonyl (C=O) groups excluding carboxylic acids is 1. The normalized spacial score (nSPS) is 10.7. The summed E-state index contributed by atoms with van der Waals surface area (Å²) in [6, 6.07) is 8.83. The van der Waals surface area contributed by atoms with Crippen LogP contribution in [-0.2, 0) is 11.8 Å². The summed E-state index contributed by atoms with van der Waals surface area (Å²) in [5.41, 5.74) is 1.55. The molecular formula is C20H22FN5O3. The first kappa shape index (κ1) is 20.1. The quantitative estimate of drug-likeness (QED) is 0.580. The van der Waals surface area contributed by atoms with Crippen LogP contribution in [0.4, 0.5) is 27.5 Å². The molecule has 9 heteroatoms. The van der Waals surface area contributed by atoms with Gasteiger partial charge in [0.25, 0.3) is 0 Å². The van der Waals surface area contributed by atoms with Gasteiger partial charge in [-0.3, -0.25) is 0 Å². The Morgan fingerprint density at radius 1 is 1.17 bits per heavy atom. The summed E-state index contributed by atoms with van der Waals surface area (Å²) in [5.74, 6) is -0.172. The van der Waals surface area contributed by atoms with Crippen molar-refractivity contribution in [1.29, 1.82) is 0 Å². The zero-order valence-corrected chi connectivity index (χ0v) is 16.6. The Morgan fingerprint density at radius 3 is 2.55 bits per heavy atom. The third kappa shape index (κ3) is 5.01. The monoisotopic (exact) mass is 399 g/mol. The summed E-state index contributed by atoms with van der Waals surface area (Å²) in [6.45, 7) is 3.90. The lowest BCUT2D eigenvalue weighted by molar-refractivity contribution is 0.0590. The van der Waals surface area contributed by atoms with Gasteiger partial charge in [0.1, 0.15) is 11.4 Å². The Balaban J connectivity index is 1.75. The van der Waals surface area contributed by atoms with Crippen molar-refractivity contribution in [2.24, 2.45) is 7.05 Å². The number of nitrogens with zero attached hydrogens (tertiary/aromatic N) is 3. The predicted molar refractivity (Wildman–Crippen MR) is 108 cm³/mol. The number of anilines is 4. The van der Waals surface area contributed by atoms with Crippen LogP contribution < -0.4 is 15.4 Å². The van der Waals surface area contributed by atoms with E-state index in [-0.39, 0.29) is 17.9 Å². The minimum atomic E-state index is -0.625. The highest BCUT2D eigenvalue weighted by Gasteiger charge is 2.14.